The summed E-state index contributed by atoms with van der Waals surface area (Å²) in [6.07, 6.45) is 0.893. The van der Waals surface area contributed by atoms with E-state index >= 15 is 0 Å². The van der Waals surface area contributed by atoms with Gasteiger partial charge in [0.25, 0.3) is 5.88 Å². The minimum absolute atomic E-state index is 0.0384. The molecule has 1 saturated heterocycles. The molecule has 5 rings (SSSR count). The molecule has 0 amide bonds. The Balaban J connectivity index is 1.80. The first-order valence-corrected chi connectivity index (χ1v) is 11.9. The number of fused-ring (bicyclic) bond motifs is 7. The highest BCUT2D eigenvalue weighted by molar-refractivity contribution is 7.93. The number of nitrogens with two attached hydrogens (primary N) is 1. The van der Waals surface area contributed by atoms with Crippen molar-refractivity contribution in [3.8, 4) is 23.2 Å². The van der Waals surface area contributed by atoms with Gasteiger partial charge in [0.1, 0.15) is 17.9 Å². The normalized spacial score (nSPS) is 19.3. The van der Waals surface area contributed by atoms with E-state index in [1.807, 2.05) is 19.1 Å². The molecular formula is C21H22N8O3S. The lowest BCUT2D eigenvalue weighted by Crippen LogP contribution is -2.39. The first-order chi connectivity index (χ1) is 15.7. The van der Waals surface area contributed by atoms with Crippen molar-refractivity contribution in [2.75, 3.05) is 22.4 Å². The third kappa shape index (κ3) is 3.37. The molecular weight excluding hydrogens is 444 g/mol. The molecule has 12 heteroatoms. The third-order valence-electron chi connectivity index (χ3n) is 5.82. The molecule has 170 valence electrons. The van der Waals surface area contributed by atoms with Crippen LogP contribution in [-0.2, 0) is 23.6 Å². The Labute approximate surface area is 191 Å². The topological polar surface area (TPSA) is 143 Å². The molecule has 0 saturated carbocycles. The van der Waals surface area contributed by atoms with Crippen LogP contribution in [0.25, 0.3) is 11.3 Å². The number of aryl methyl sites for hydroxylation is 2. The van der Waals surface area contributed by atoms with Crippen LogP contribution in [0.1, 0.15) is 35.5 Å². The van der Waals surface area contributed by atoms with Gasteiger partial charge in [-0.05, 0) is 19.9 Å². The summed E-state index contributed by atoms with van der Waals surface area (Å²) in [5.41, 5.74) is 9.81. The highest BCUT2D eigenvalue weighted by atomic mass is 32.2. The van der Waals surface area contributed by atoms with E-state index in [-0.39, 0.29) is 36.2 Å². The van der Waals surface area contributed by atoms with Crippen LogP contribution in [0, 0.1) is 18.3 Å². The van der Waals surface area contributed by atoms with Crippen molar-refractivity contribution in [3.05, 3.63) is 46.9 Å². The number of nitrogen functional groups attached to an aromatic ring is 1. The summed E-state index contributed by atoms with van der Waals surface area (Å²) >= 11 is 0. The summed E-state index contributed by atoms with van der Waals surface area (Å²) in [4.78, 5) is 8.80. The minimum atomic E-state index is -3.62. The van der Waals surface area contributed by atoms with Crippen molar-refractivity contribution in [2.45, 2.75) is 26.5 Å². The van der Waals surface area contributed by atoms with E-state index in [9.17, 15) is 13.7 Å². The quantitative estimate of drug-likeness (QED) is 0.523. The molecule has 2 aromatic heterocycles. The molecule has 0 spiro atoms. The average molecular weight is 467 g/mol. The van der Waals surface area contributed by atoms with Gasteiger partial charge in [-0.15, -0.1) is 0 Å². The lowest BCUT2D eigenvalue weighted by atomic mass is 10.0. The van der Waals surface area contributed by atoms with Crippen LogP contribution in [0.4, 0.5) is 11.5 Å². The van der Waals surface area contributed by atoms with Crippen LogP contribution in [0.5, 0.6) is 5.88 Å². The number of hydrogen-bond acceptors (Lipinski definition) is 9. The zero-order chi connectivity index (χ0) is 23.5. The predicted molar refractivity (Wildman–Crippen MR) is 120 cm³/mol. The Morgan fingerprint density at radius 3 is 2.88 bits per heavy atom. The summed E-state index contributed by atoms with van der Waals surface area (Å²) < 4.78 is 35.2. The van der Waals surface area contributed by atoms with Gasteiger partial charge < -0.3 is 10.5 Å². The molecule has 2 bridgehead atoms. The highest BCUT2D eigenvalue weighted by Gasteiger charge is 2.39. The maximum absolute atomic E-state index is 13.1. The van der Waals surface area contributed by atoms with E-state index in [1.54, 1.807) is 25.0 Å². The number of nitriles is 1. The molecule has 1 aromatic carbocycles. The lowest BCUT2D eigenvalue weighted by molar-refractivity contribution is 0.217. The number of benzene rings is 1. The highest BCUT2D eigenvalue weighted by Crippen LogP contribution is 2.38. The molecule has 1 atom stereocenters. The maximum Gasteiger partial charge on any atom is 0.258 e. The molecule has 33 heavy (non-hydrogen) atoms. The van der Waals surface area contributed by atoms with Gasteiger partial charge in [0.2, 0.25) is 10.0 Å². The van der Waals surface area contributed by atoms with E-state index in [1.165, 1.54) is 15.3 Å². The number of anilines is 2. The zero-order valence-corrected chi connectivity index (χ0v) is 19.2. The van der Waals surface area contributed by atoms with Crippen molar-refractivity contribution in [1.82, 2.24) is 24.8 Å². The largest absolute Gasteiger partial charge is 0.467 e. The van der Waals surface area contributed by atoms with Crippen LogP contribution in [0.3, 0.4) is 0 Å². The molecule has 1 fully saturated rings. The Morgan fingerprint density at radius 2 is 2.12 bits per heavy atom. The van der Waals surface area contributed by atoms with Crippen molar-refractivity contribution >= 4 is 21.5 Å². The smallest absolute Gasteiger partial charge is 0.258 e. The third-order valence-corrected chi connectivity index (χ3v) is 7.48. The van der Waals surface area contributed by atoms with Gasteiger partial charge in [0.05, 0.1) is 41.1 Å². The van der Waals surface area contributed by atoms with Gasteiger partial charge >= 0.3 is 0 Å². The first kappa shape index (κ1) is 21.2. The summed E-state index contributed by atoms with van der Waals surface area (Å²) in [5.74, 6) is 0.160. The molecule has 0 aliphatic carbocycles. The van der Waals surface area contributed by atoms with Crippen molar-refractivity contribution in [3.63, 3.8) is 0 Å². The van der Waals surface area contributed by atoms with E-state index < -0.39 is 16.1 Å². The number of hydrazine groups is 1. The van der Waals surface area contributed by atoms with Gasteiger partial charge in [-0.1, -0.05) is 17.7 Å². The second kappa shape index (κ2) is 7.43. The number of aromatic nitrogens is 4. The zero-order valence-electron chi connectivity index (χ0n) is 18.3. The number of ether oxygens (including phenoxy) is 1. The van der Waals surface area contributed by atoms with E-state index in [4.69, 9.17) is 10.5 Å². The maximum atomic E-state index is 13.1. The molecule has 4 heterocycles. The van der Waals surface area contributed by atoms with Gasteiger partial charge in [-0.2, -0.15) is 19.8 Å². The van der Waals surface area contributed by atoms with Gasteiger partial charge in [-0.25, -0.2) is 18.4 Å². The standard InChI is InChI=1S/C21H22N8O3S/c1-12-4-5-17-14(8-12)13(2)32-21-20(23)24-10-15(25-21)19-16(26-27(3)18(19)9-22)11-28-6-7-33(30,31)29(17)28/h4-5,8,10,13H,6-7,11H2,1-3H3,(H2,23,24)/t13-/m1/s1. The summed E-state index contributed by atoms with van der Waals surface area (Å²) in [6.45, 7) is 4.17. The van der Waals surface area contributed by atoms with Crippen molar-refractivity contribution in [2.24, 2.45) is 7.05 Å². The molecule has 2 N–H and O–H groups in total. The Hall–Kier alpha value is -3.69. The van der Waals surface area contributed by atoms with Crippen LogP contribution in [0.2, 0.25) is 0 Å². The van der Waals surface area contributed by atoms with E-state index in [0.29, 0.717) is 28.2 Å². The predicted octanol–water partition coefficient (Wildman–Crippen LogP) is 1.66. The SMILES string of the molecule is Cc1ccc2c(c1)[C@@H](C)Oc1nc(cnc1N)-c1c(nn(C)c1C#N)CN1CCS(=O)(=O)N21. The fraction of sp³-hybridized carbons (Fsp3) is 0.333. The molecule has 2 aliphatic rings. The summed E-state index contributed by atoms with van der Waals surface area (Å²) in [6, 6.07) is 7.68. The number of nitrogens with zero attached hydrogens (tertiary/aromatic N) is 7. The Bertz CT molecular complexity index is 1430. The molecule has 0 radical (unpaired) electrons. The second-order valence-corrected chi connectivity index (χ2v) is 10.0. The summed E-state index contributed by atoms with van der Waals surface area (Å²) in [5, 5.41) is 16.0. The van der Waals surface area contributed by atoms with E-state index in [0.717, 1.165) is 5.56 Å². The van der Waals surface area contributed by atoms with Crippen molar-refractivity contribution < 1.29 is 13.2 Å². The average Bonchev–Trinajstić information content (AvgIpc) is 3.24. The van der Waals surface area contributed by atoms with E-state index in [2.05, 4.69) is 21.1 Å². The molecule has 11 nitrogen and oxygen atoms in total. The van der Waals surface area contributed by atoms with Crippen LogP contribution in [0.15, 0.2) is 24.4 Å². The molecule has 0 unspecified atom stereocenters. The van der Waals surface area contributed by atoms with Gasteiger partial charge in [-0.3, -0.25) is 4.68 Å². The Morgan fingerprint density at radius 1 is 1.33 bits per heavy atom. The van der Waals surface area contributed by atoms with Crippen LogP contribution in [-0.4, -0.2) is 45.5 Å². The number of sulfonamides is 1. The monoisotopic (exact) mass is 466 g/mol. The van der Waals surface area contributed by atoms with Crippen LogP contribution < -0.4 is 14.9 Å². The fourth-order valence-electron chi connectivity index (χ4n) is 4.27. The van der Waals surface area contributed by atoms with Gasteiger partial charge in [0, 0.05) is 19.2 Å². The first-order valence-electron chi connectivity index (χ1n) is 10.3. The molecule has 2 aliphatic heterocycles. The van der Waals surface area contributed by atoms with Crippen molar-refractivity contribution in [1.29, 1.82) is 5.26 Å². The van der Waals surface area contributed by atoms with Crippen LogP contribution >= 0.6 is 0 Å². The lowest BCUT2D eigenvalue weighted by Gasteiger charge is -2.31. The Kier molecular flexibility index (Phi) is 4.77. The van der Waals surface area contributed by atoms with Gasteiger partial charge in [0.15, 0.2) is 5.82 Å². The fourth-order valence-corrected chi connectivity index (χ4v) is 5.84. The second-order valence-electron chi connectivity index (χ2n) is 8.12. The number of rotatable bonds is 0. The minimum Gasteiger partial charge on any atom is -0.467 e. The molecule has 3 aromatic rings. The number of hydrogen-bond donors (Lipinski definition) is 1. The summed E-state index contributed by atoms with van der Waals surface area (Å²) in [7, 11) is -1.96.